The van der Waals surface area contributed by atoms with Gasteiger partial charge < -0.3 is 20.5 Å². The van der Waals surface area contributed by atoms with Crippen LogP contribution in [-0.2, 0) is 6.54 Å². The molecule has 0 bridgehead atoms. The van der Waals surface area contributed by atoms with Crippen molar-refractivity contribution in [3.63, 3.8) is 0 Å². The standard InChI is InChI=1S/C16H13ClN2O4/c17-11-3-1-2-10(15(18)20)14(11)16(21)19-7-9-4-5-12-13(6-9)23-8-22-12/h1-6H,7-8H2,(H2,18,20)(H,19,21). The Labute approximate surface area is 137 Å². The van der Waals surface area contributed by atoms with E-state index in [4.69, 9.17) is 26.8 Å². The largest absolute Gasteiger partial charge is 0.454 e. The number of ether oxygens (including phenoxy) is 2. The van der Waals surface area contributed by atoms with Crippen LogP contribution in [0.4, 0.5) is 0 Å². The summed E-state index contributed by atoms with van der Waals surface area (Å²) < 4.78 is 10.5. The number of nitrogens with one attached hydrogen (secondary N) is 1. The molecular formula is C16H13ClN2O4. The third kappa shape index (κ3) is 3.07. The molecule has 0 aromatic heterocycles. The highest BCUT2D eigenvalue weighted by atomic mass is 35.5. The molecular weight excluding hydrogens is 320 g/mol. The molecule has 6 nitrogen and oxygen atoms in total. The van der Waals surface area contributed by atoms with Crippen LogP contribution in [0.1, 0.15) is 26.3 Å². The summed E-state index contributed by atoms with van der Waals surface area (Å²) in [6.07, 6.45) is 0. The summed E-state index contributed by atoms with van der Waals surface area (Å²) in [5.74, 6) is 0.123. The van der Waals surface area contributed by atoms with E-state index < -0.39 is 11.8 Å². The molecule has 0 radical (unpaired) electrons. The van der Waals surface area contributed by atoms with Crippen LogP contribution in [0, 0.1) is 0 Å². The molecule has 1 aliphatic heterocycles. The fourth-order valence-electron chi connectivity index (χ4n) is 2.28. The average molecular weight is 333 g/mol. The molecule has 1 aliphatic rings. The maximum atomic E-state index is 12.3. The zero-order chi connectivity index (χ0) is 16.4. The lowest BCUT2D eigenvalue weighted by Crippen LogP contribution is -2.26. The lowest BCUT2D eigenvalue weighted by atomic mass is 10.1. The van der Waals surface area contributed by atoms with E-state index in [1.54, 1.807) is 18.2 Å². The van der Waals surface area contributed by atoms with Crippen LogP contribution in [-0.4, -0.2) is 18.6 Å². The van der Waals surface area contributed by atoms with Crippen molar-refractivity contribution in [3.8, 4) is 11.5 Å². The minimum absolute atomic E-state index is 0.0717. The summed E-state index contributed by atoms with van der Waals surface area (Å²) in [4.78, 5) is 23.8. The minimum atomic E-state index is -0.708. The van der Waals surface area contributed by atoms with Gasteiger partial charge in [0.2, 0.25) is 12.7 Å². The molecule has 0 fully saturated rings. The molecule has 118 valence electrons. The first-order chi connectivity index (χ1) is 11.1. The molecule has 2 amide bonds. The topological polar surface area (TPSA) is 90.7 Å². The number of benzene rings is 2. The van der Waals surface area contributed by atoms with E-state index >= 15 is 0 Å². The van der Waals surface area contributed by atoms with Gasteiger partial charge in [0, 0.05) is 6.54 Å². The molecule has 0 saturated heterocycles. The van der Waals surface area contributed by atoms with E-state index in [-0.39, 0.29) is 29.5 Å². The van der Waals surface area contributed by atoms with Crippen LogP contribution in [0.3, 0.4) is 0 Å². The van der Waals surface area contributed by atoms with Gasteiger partial charge in [-0.15, -0.1) is 0 Å². The van der Waals surface area contributed by atoms with E-state index in [0.717, 1.165) is 5.56 Å². The summed E-state index contributed by atoms with van der Waals surface area (Å²) in [5, 5.41) is 2.89. The zero-order valence-electron chi connectivity index (χ0n) is 12.0. The second-order valence-corrected chi connectivity index (χ2v) is 5.30. The third-order valence-electron chi connectivity index (χ3n) is 3.40. The Morgan fingerprint density at radius 2 is 1.96 bits per heavy atom. The highest BCUT2D eigenvalue weighted by Gasteiger charge is 2.19. The first kappa shape index (κ1) is 15.2. The maximum Gasteiger partial charge on any atom is 0.253 e. The molecule has 1 heterocycles. The number of primary amides is 1. The number of hydrogen-bond acceptors (Lipinski definition) is 4. The Morgan fingerprint density at radius 3 is 2.74 bits per heavy atom. The second kappa shape index (κ2) is 6.18. The fraction of sp³-hybridized carbons (Fsp3) is 0.125. The van der Waals surface area contributed by atoms with Crippen molar-refractivity contribution in [1.82, 2.24) is 5.32 Å². The van der Waals surface area contributed by atoms with Crippen LogP contribution in [0.15, 0.2) is 36.4 Å². The van der Waals surface area contributed by atoms with Gasteiger partial charge in [-0.3, -0.25) is 9.59 Å². The van der Waals surface area contributed by atoms with Crippen LogP contribution in [0.25, 0.3) is 0 Å². The van der Waals surface area contributed by atoms with Gasteiger partial charge in [-0.1, -0.05) is 23.7 Å². The van der Waals surface area contributed by atoms with Gasteiger partial charge >= 0.3 is 0 Å². The first-order valence-electron chi connectivity index (χ1n) is 6.81. The second-order valence-electron chi connectivity index (χ2n) is 4.90. The summed E-state index contributed by atoms with van der Waals surface area (Å²) in [6.45, 7) is 0.436. The minimum Gasteiger partial charge on any atom is -0.454 e. The summed E-state index contributed by atoms with van der Waals surface area (Å²) in [5.41, 5.74) is 6.27. The zero-order valence-corrected chi connectivity index (χ0v) is 12.7. The van der Waals surface area contributed by atoms with E-state index in [1.807, 2.05) is 6.07 Å². The Bertz CT molecular complexity index is 792. The number of fused-ring (bicyclic) bond motifs is 1. The number of rotatable bonds is 4. The lowest BCUT2D eigenvalue weighted by Gasteiger charge is -2.10. The number of halogens is 1. The van der Waals surface area contributed by atoms with Gasteiger partial charge in [0.15, 0.2) is 11.5 Å². The van der Waals surface area contributed by atoms with Crippen LogP contribution in [0.2, 0.25) is 5.02 Å². The lowest BCUT2D eigenvalue weighted by molar-refractivity contribution is 0.0934. The summed E-state index contributed by atoms with van der Waals surface area (Å²) >= 11 is 6.02. The Morgan fingerprint density at radius 1 is 1.17 bits per heavy atom. The van der Waals surface area contributed by atoms with Crippen molar-refractivity contribution < 1.29 is 19.1 Å². The SMILES string of the molecule is NC(=O)c1cccc(Cl)c1C(=O)NCc1ccc2c(c1)OCO2. The van der Waals surface area contributed by atoms with Crippen molar-refractivity contribution in [1.29, 1.82) is 0 Å². The highest BCUT2D eigenvalue weighted by molar-refractivity contribution is 6.34. The summed E-state index contributed by atoms with van der Waals surface area (Å²) in [7, 11) is 0. The van der Waals surface area contributed by atoms with E-state index in [9.17, 15) is 9.59 Å². The van der Waals surface area contributed by atoms with Gasteiger partial charge in [0.1, 0.15) is 0 Å². The van der Waals surface area contributed by atoms with Gasteiger partial charge in [-0.2, -0.15) is 0 Å². The molecule has 2 aromatic rings. The van der Waals surface area contributed by atoms with Gasteiger partial charge in [-0.05, 0) is 29.8 Å². The molecule has 0 saturated carbocycles. The number of carbonyl (C=O) groups excluding carboxylic acids is 2. The van der Waals surface area contributed by atoms with Crippen molar-refractivity contribution in [2.24, 2.45) is 5.73 Å². The third-order valence-corrected chi connectivity index (χ3v) is 3.71. The summed E-state index contributed by atoms with van der Waals surface area (Å²) in [6, 6.07) is 9.93. The van der Waals surface area contributed by atoms with Gasteiger partial charge in [0.05, 0.1) is 16.1 Å². The molecule has 7 heteroatoms. The Balaban J connectivity index is 1.77. The van der Waals surface area contributed by atoms with Gasteiger partial charge in [-0.25, -0.2) is 0 Å². The first-order valence-corrected chi connectivity index (χ1v) is 7.19. The number of hydrogen-bond donors (Lipinski definition) is 2. The van der Waals surface area contributed by atoms with E-state index in [2.05, 4.69) is 5.32 Å². The van der Waals surface area contributed by atoms with E-state index in [0.29, 0.717) is 11.5 Å². The molecule has 0 atom stereocenters. The monoisotopic (exact) mass is 332 g/mol. The van der Waals surface area contributed by atoms with Crippen LogP contribution < -0.4 is 20.5 Å². The van der Waals surface area contributed by atoms with Crippen LogP contribution in [0.5, 0.6) is 11.5 Å². The maximum absolute atomic E-state index is 12.3. The smallest absolute Gasteiger partial charge is 0.253 e. The Hall–Kier alpha value is -2.73. The number of amides is 2. The molecule has 3 rings (SSSR count). The molecule has 0 unspecified atom stereocenters. The van der Waals surface area contributed by atoms with Crippen molar-refractivity contribution in [3.05, 3.63) is 58.1 Å². The molecule has 2 aromatic carbocycles. The molecule has 23 heavy (non-hydrogen) atoms. The average Bonchev–Trinajstić information content (AvgIpc) is 2.99. The van der Waals surface area contributed by atoms with Crippen LogP contribution >= 0.6 is 11.6 Å². The Kier molecular flexibility index (Phi) is 4.08. The van der Waals surface area contributed by atoms with E-state index in [1.165, 1.54) is 12.1 Å². The molecule has 0 spiro atoms. The highest BCUT2D eigenvalue weighted by Crippen LogP contribution is 2.32. The predicted molar refractivity (Wildman–Crippen MR) is 83.7 cm³/mol. The number of carbonyl (C=O) groups is 2. The quantitative estimate of drug-likeness (QED) is 0.897. The van der Waals surface area contributed by atoms with Crippen molar-refractivity contribution >= 4 is 23.4 Å². The van der Waals surface area contributed by atoms with Crippen molar-refractivity contribution in [2.75, 3.05) is 6.79 Å². The predicted octanol–water partition coefficient (Wildman–Crippen LogP) is 2.10. The molecule has 0 aliphatic carbocycles. The fourth-order valence-corrected chi connectivity index (χ4v) is 2.54. The van der Waals surface area contributed by atoms with Crippen molar-refractivity contribution in [2.45, 2.75) is 6.54 Å². The normalized spacial score (nSPS) is 12.0. The number of nitrogens with two attached hydrogens (primary N) is 1. The van der Waals surface area contributed by atoms with Gasteiger partial charge in [0.25, 0.3) is 5.91 Å². The molecule has 3 N–H and O–H groups in total.